The molecule has 0 aliphatic heterocycles. The van der Waals surface area contributed by atoms with Crippen molar-refractivity contribution in [3.05, 3.63) is 29.8 Å². The van der Waals surface area contributed by atoms with Crippen LogP contribution in [0.15, 0.2) is 24.3 Å². The Bertz CT molecular complexity index is 322. The number of carbonyl (C=O) groups excluding carboxylic acids is 1. The number of hydrogen-bond acceptors (Lipinski definition) is 3. The average molecular weight is 334 g/mol. The van der Waals surface area contributed by atoms with Gasteiger partial charge in [0, 0.05) is 10.8 Å². The van der Waals surface area contributed by atoms with Crippen molar-refractivity contribution >= 4 is 28.6 Å². The van der Waals surface area contributed by atoms with E-state index in [0.29, 0.717) is 19.4 Å². The summed E-state index contributed by atoms with van der Waals surface area (Å²) in [6.45, 7) is 0.502. The third-order valence-electron chi connectivity index (χ3n) is 2.12. The SMILES string of the molecule is COc1ccc(CCC(=O)OCCI)cc1. The van der Waals surface area contributed by atoms with Crippen LogP contribution in [0, 0.1) is 0 Å². The number of aryl methyl sites for hydroxylation is 1. The summed E-state index contributed by atoms with van der Waals surface area (Å²) >= 11 is 2.18. The first kappa shape index (κ1) is 13.3. The molecule has 1 aromatic rings. The molecule has 0 aliphatic carbocycles. The van der Waals surface area contributed by atoms with Gasteiger partial charge in [0.05, 0.1) is 7.11 Å². The van der Waals surface area contributed by atoms with Gasteiger partial charge in [-0.25, -0.2) is 0 Å². The molecule has 0 heterocycles. The van der Waals surface area contributed by atoms with E-state index in [1.807, 2.05) is 24.3 Å². The fourth-order valence-electron chi connectivity index (χ4n) is 1.26. The molecule has 88 valence electrons. The maximum Gasteiger partial charge on any atom is 0.306 e. The molecule has 0 spiro atoms. The van der Waals surface area contributed by atoms with Crippen LogP contribution in [0.4, 0.5) is 0 Å². The zero-order chi connectivity index (χ0) is 11.8. The molecular weight excluding hydrogens is 319 g/mol. The van der Waals surface area contributed by atoms with Crippen molar-refractivity contribution in [1.82, 2.24) is 0 Å². The van der Waals surface area contributed by atoms with Crippen molar-refractivity contribution in [2.75, 3.05) is 18.1 Å². The van der Waals surface area contributed by atoms with E-state index < -0.39 is 0 Å². The first-order chi connectivity index (χ1) is 7.76. The Morgan fingerprint density at radius 2 is 2.00 bits per heavy atom. The van der Waals surface area contributed by atoms with Gasteiger partial charge in [-0.05, 0) is 24.1 Å². The second-order valence-electron chi connectivity index (χ2n) is 3.26. The Morgan fingerprint density at radius 1 is 1.31 bits per heavy atom. The van der Waals surface area contributed by atoms with Crippen molar-refractivity contribution in [2.24, 2.45) is 0 Å². The molecule has 0 saturated carbocycles. The lowest BCUT2D eigenvalue weighted by molar-refractivity contribution is -0.142. The van der Waals surface area contributed by atoms with Gasteiger partial charge in [0.2, 0.25) is 0 Å². The third kappa shape index (κ3) is 4.83. The number of halogens is 1. The molecule has 0 fully saturated rings. The molecule has 0 radical (unpaired) electrons. The highest BCUT2D eigenvalue weighted by Crippen LogP contribution is 2.12. The van der Waals surface area contributed by atoms with Crippen LogP contribution in [-0.2, 0) is 16.0 Å². The normalized spacial score (nSPS) is 9.88. The smallest absolute Gasteiger partial charge is 0.306 e. The molecule has 3 nitrogen and oxygen atoms in total. The summed E-state index contributed by atoms with van der Waals surface area (Å²) in [6, 6.07) is 7.71. The van der Waals surface area contributed by atoms with Crippen molar-refractivity contribution in [1.29, 1.82) is 0 Å². The molecule has 1 rings (SSSR count). The molecule has 0 amide bonds. The van der Waals surface area contributed by atoms with Crippen LogP contribution in [0.3, 0.4) is 0 Å². The fraction of sp³-hybridized carbons (Fsp3) is 0.417. The lowest BCUT2D eigenvalue weighted by Crippen LogP contribution is -2.07. The standard InChI is InChI=1S/C12H15IO3/c1-15-11-5-2-10(3-6-11)4-7-12(14)16-9-8-13/h2-3,5-6H,4,7-9H2,1H3. The van der Waals surface area contributed by atoms with E-state index in [2.05, 4.69) is 22.6 Å². The zero-order valence-electron chi connectivity index (χ0n) is 9.24. The van der Waals surface area contributed by atoms with Gasteiger partial charge in [-0.15, -0.1) is 0 Å². The van der Waals surface area contributed by atoms with Gasteiger partial charge in [-0.1, -0.05) is 34.7 Å². The van der Waals surface area contributed by atoms with Crippen LogP contribution in [0.2, 0.25) is 0 Å². The Kier molecular flexibility index (Phi) is 6.22. The highest BCUT2D eigenvalue weighted by Gasteiger charge is 2.03. The topological polar surface area (TPSA) is 35.5 Å². The van der Waals surface area contributed by atoms with Gasteiger partial charge in [0.15, 0.2) is 0 Å². The molecule has 16 heavy (non-hydrogen) atoms. The van der Waals surface area contributed by atoms with Crippen LogP contribution in [-0.4, -0.2) is 24.1 Å². The lowest BCUT2D eigenvalue weighted by atomic mass is 10.1. The minimum absolute atomic E-state index is 0.132. The Labute approximate surface area is 109 Å². The highest BCUT2D eigenvalue weighted by molar-refractivity contribution is 14.1. The van der Waals surface area contributed by atoms with Crippen LogP contribution < -0.4 is 4.74 Å². The second kappa shape index (κ2) is 7.49. The molecule has 0 atom stereocenters. The molecule has 0 saturated heterocycles. The van der Waals surface area contributed by atoms with Crippen molar-refractivity contribution in [3.63, 3.8) is 0 Å². The molecule has 0 aromatic heterocycles. The first-order valence-electron chi connectivity index (χ1n) is 5.11. The Morgan fingerprint density at radius 3 is 2.56 bits per heavy atom. The molecule has 0 aliphatic rings. The lowest BCUT2D eigenvalue weighted by Gasteiger charge is -2.04. The van der Waals surface area contributed by atoms with Crippen molar-refractivity contribution < 1.29 is 14.3 Å². The van der Waals surface area contributed by atoms with Crippen molar-refractivity contribution in [2.45, 2.75) is 12.8 Å². The second-order valence-corrected chi connectivity index (χ2v) is 4.34. The highest BCUT2D eigenvalue weighted by atomic mass is 127. The van der Waals surface area contributed by atoms with Gasteiger partial charge in [-0.3, -0.25) is 4.79 Å². The van der Waals surface area contributed by atoms with Gasteiger partial charge in [0.25, 0.3) is 0 Å². The van der Waals surface area contributed by atoms with Gasteiger partial charge < -0.3 is 9.47 Å². The van der Waals surface area contributed by atoms with Crippen molar-refractivity contribution in [3.8, 4) is 5.75 Å². The summed E-state index contributed by atoms with van der Waals surface area (Å²) in [5, 5.41) is 0. The minimum atomic E-state index is -0.132. The van der Waals surface area contributed by atoms with Crippen LogP contribution in [0.5, 0.6) is 5.75 Å². The average Bonchev–Trinajstić information content (AvgIpc) is 2.34. The van der Waals surface area contributed by atoms with E-state index in [4.69, 9.17) is 9.47 Å². The summed E-state index contributed by atoms with van der Waals surface area (Å²) in [5.74, 6) is 0.698. The molecule has 0 bridgehead atoms. The number of methoxy groups -OCH3 is 1. The van der Waals surface area contributed by atoms with Crippen LogP contribution in [0.25, 0.3) is 0 Å². The van der Waals surface area contributed by atoms with E-state index in [1.54, 1.807) is 7.11 Å². The molecule has 0 N–H and O–H groups in total. The summed E-state index contributed by atoms with van der Waals surface area (Å²) in [6.07, 6.45) is 1.15. The Balaban J connectivity index is 2.33. The van der Waals surface area contributed by atoms with Crippen LogP contribution >= 0.6 is 22.6 Å². The summed E-state index contributed by atoms with van der Waals surface area (Å²) in [4.78, 5) is 11.2. The molecule has 4 heteroatoms. The van der Waals surface area contributed by atoms with E-state index >= 15 is 0 Å². The monoisotopic (exact) mass is 334 g/mol. The predicted octanol–water partition coefficient (Wildman–Crippen LogP) is 2.61. The number of benzene rings is 1. The molecule has 1 aromatic carbocycles. The zero-order valence-corrected chi connectivity index (χ0v) is 11.4. The number of ether oxygens (including phenoxy) is 2. The molecule has 0 unspecified atom stereocenters. The fourth-order valence-corrected chi connectivity index (χ4v) is 1.48. The maximum atomic E-state index is 11.2. The molecular formula is C12H15IO3. The van der Waals surface area contributed by atoms with E-state index in [-0.39, 0.29) is 5.97 Å². The number of esters is 1. The van der Waals surface area contributed by atoms with E-state index in [0.717, 1.165) is 15.7 Å². The number of hydrogen-bond donors (Lipinski definition) is 0. The third-order valence-corrected chi connectivity index (χ3v) is 2.56. The number of alkyl halides is 1. The first-order valence-corrected chi connectivity index (χ1v) is 6.63. The number of rotatable bonds is 6. The quantitative estimate of drug-likeness (QED) is 0.456. The van der Waals surface area contributed by atoms with E-state index in [1.165, 1.54) is 0 Å². The van der Waals surface area contributed by atoms with E-state index in [9.17, 15) is 4.79 Å². The largest absolute Gasteiger partial charge is 0.497 e. The van der Waals surface area contributed by atoms with Gasteiger partial charge in [0.1, 0.15) is 12.4 Å². The summed E-state index contributed by atoms with van der Waals surface area (Å²) < 4.78 is 10.9. The maximum absolute atomic E-state index is 11.2. The minimum Gasteiger partial charge on any atom is -0.497 e. The van der Waals surface area contributed by atoms with Gasteiger partial charge >= 0.3 is 5.97 Å². The summed E-state index contributed by atoms with van der Waals surface area (Å²) in [7, 11) is 1.64. The van der Waals surface area contributed by atoms with Gasteiger partial charge in [-0.2, -0.15) is 0 Å². The Hall–Kier alpha value is -0.780. The summed E-state index contributed by atoms with van der Waals surface area (Å²) in [5.41, 5.74) is 1.12. The predicted molar refractivity (Wildman–Crippen MR) is 71.2 cm³/mol. The number of carbonyl (C=O) groups is 1. The van der Waals surface area contributed by atoms with Crippen LogP contribution in [0.1, 0.15) is 12.0 Å².